The second-order valence-corrected chi connectivity index (χ2v) is 9.73. The highest BCUT2D eigenvalue weighted by Gasteiger charge is 2.31. The maximum absolute atomic E-state index is 11.0. The molecule has 1 unspecified atom stereocenters. The summed E-state index contributed by atoms with van der Waals surface area (Å²) in [5, 5.41) is 0.721. The minimum atomic E-state index is -0.669. The summed E-state index contributed by atoms with van der Waals surface area (Å²) in [7, 11) is 0. The van der Waals surface area contributed by atoms with Crippen molar-refractivity contribution < 1.29 is 9.53 Å². The normalized spacial score (nSPS) is 18.5. The van der Waals surface area contributed by atoms with Crippen LogP contribution >= 0.6 is 11.6 Å². The van der Waals surface area contributed by atoms with E-state index >= 15 is 0 Å². The fourth-order valence-corrected chi connectivity index (χ4v) is 5.10. The van der Waals surface area contributed by atoms with E-state index < -0.39 is 6.09 Å². The van der Waals surface area contributed by atoms with Crippen LogP contribution in [0, 0.1) is 11.8 Å². The highest BCUT2D eigenvalue weighted by molar-refractivity contribution is 6.30. The number of piperidine rings is 1. The van der Waals surface area contributed by atoms with Crippen molar-refractivity contribution in [3.05, 3.63) is 83.1 Å². The van der Waals surface area contributed by atoms with E-state index in [9.17, 15) is 4.79 Å². The first-order valence-corrected chi connectivity index (χ1v) is 12.7. The summed E-state index contributed by atoms with van der Waals surface area (Å²) in [6.07, 6.45) is 3.98. The number of primary amides is 1. The Kier molecular flexibility index (Phi) is 7.41. The number of ether oxygens (including phenoxy) is 1. The number of hydrogen-bond donors (Lipinski definition) is 1. The van der Waals surface area contributed by atoms with Crippen LogP contribution in [0.25, 0.3) is 11.1 Å². The lowest BCUT2D eigenvalue weighted by Gasteiger charge is -2.35. The first-order valence-electron chi connectivity index (χ1n) is 12.3. The van der Waals surface area contributed by atoms with Gasteiger partial charge in [-0.25, -0.2) is 9.78 Å². The van der Waals surface area contributed by atoms with Gasteiger partial charge in [-0.1, -0.05) is 35.7 Å². The number of likely N-dealkylation sites (tertiary alicyclic amines) is 1. The lowest BCUT2D eigenvalue weighted by molar-refractivity contribution is 0.0452. The summed E-state index contributed by atoms with van der Waals surface area (Å²) in [4.78, 5) is 20.4. The smallest absolute Gasteiger partial charge is 0.404 e. The van der Waals surface area contributed by atoms with Gasteiger partial charge in [-0.2, -0.15) is 0 Å². The number of aromatic nitrogens is 1. The zero-order valence-electron chi connectivity index (χ0n) is 20.1. The highest BCUT2D eigenvalue weighted by atomic mass is 35.5. The average molecular weight is 501 g/mol. The van der Waals surface area contributed by atoms with Crippen molar-refractivity contribution in [1.82, 2.24) is 9.88 Å². The number of carbonyl (C=O) groups is 1. The number of halogens is 1. The van der Waals surface area contributed by atoms with Gasteiger partial charge in [-0.15, -0.1) is 0 Å². The molecule has 36 heavy (non-hydrogen) atoms. The third-order valence-corrected chi connectivity index (χ3v) is 7.20. The van der Waals surface area contributed by atoms with Crippen LogP contribution in [-0.2, 0) is 4.74 Å². The van der Waals surface area contributed by atoms with Gasteiger partial charge in [0.2, 0.25) is 0 Å². The quantitative estimate of drug-likeness (QED) is 0.514. The van der Waals surface area contributed by atoms with Gasteiger partial charge in [0.15, 0.2) is 0 Å². The summed E-state index contributed by atoms with van der Waals surface area (Å²) in [6, 6.07) is 20.7. The maximum Gasteiger partial charge on any atom is 0.404 e. The van der Waals surface area contributed by atoms with Crippen molar-refractivity contribution in [2.75, 3.05) is 31.1 Å². The monoisotopic (exact) mass is 500 g/mol. The number of nitrogens with two attached hydrogens (primary N) is 1. The molecule has 0 radical (unpaired) electrons. The Labute approximate surface area is 217 Å². The van der Waals surface area contributed by atoms with Crippen LogP contribution in [0.3, 0.4) is 0 Å². The van der Waals surface area contributed by atoms with Gasteiger partial charge in [0.25, 0.3) is 0 Å². The Bertz CT molecular complexity index is 1240. The summed E-state index contributed by atoms with van der Waals surface area (Å²) in [6.45, 7) is 3.94. The lowest BCUT2D eigenvalue weighted by Crippen LogP contribution is -2.45. The zero-order chi connectivity index (χ0) is 24.9. The predicted molar refractivity (Wildman–Crippen MR) is 143 cm³/mol. The number of amides is 1. The third kappa shape index (κ3) is 5.99. The number of benzene rings is 2. The number of rotatable bonds is 4. The maximum atomic E-state index is 11.0. The fraction of sp³-hybridized carbons (Fsp3) is 0.310. The van der Waals surface area contributed by atoms with E-state index in [1.165, 1.54) is 5.69 Å². The summed E-state index contributed by atoms with van der Waals surface area (Å²) >= 11 is 5.97. The molecule has 2 aromatic carbocycles. The van der Waals surface area contributed by atoms with E-state index in [1.807, 2.05) is 42.6 Å². The highest BCUT2D eigenvalue weighted by Crippen LogP contribution is 2.26. The second-order valence-electron chi connectivity index (χ2n) is 9.30. The van der Waals surface area contributed by atoms with Crippen molar-refractivity contribution in [2.24, 2.45) is 5.73 Å². The molecule has 2 N–H and O–H groups in total. The van der Waals surface area contributed by atoms with Crippen molar-refractivity contribution in [2.45, 2.75) is 31.4 Å². The van der Waals surface area contributed by atoms with E-state index in [2.05, 4.69) is 50.9 Å². The molecular formula is C29H29ClN4O2. The Morgan fingerprint density at radius 2 is 1.64 bits per heavy atom. The molecule has 0 spiro atoms. The molecule has 5 rings (SSSR count). The Hall–Kier alpha value is -3.53. The van der Waals surface area contributed by atoms with Crippen LogP contribution in [0.2, 0.25) is 5.02 Å². The number of pyridine rings is 1. The molecule has 1 aromatic heterocycles. The average Bonchev–Trinajstić information content (AvgIpc) is 3.39. The molecule has 6 nitrogen and oxygen atoms in total. The van der Waals surface area contributed by atoms with Crippen molar-refractivity contribution in [1.29, 1.82) is 0 Å². The molecule has 7 heteroatoms. The number of carbonyl (C=O) groups excluding carboxylic acids is 1. The molecule has 0 aliphatic carbocycles. The van der Waals surface area contributed by atoms with Crippen LogP contribution in [0.15, 0.2) is 66.9 Å². The molecule has 184 valence electrons. The molecule has 2 aliphatic heterocycles. The molecule has 2 saturated heterocycles. The number of hydrogen-bond acceptors (Lipinski definition) is 5. The van der Waals surface area contributed by atoms with Crippen LogP contribution in [0.5, 0.6) is 0 Å². The SMILES string of the molecule is NC(=O)OC1CCN(C2CCN(c3ccc(C#Cc4ccc(-c5ccc(Cl)cc5)cn4)cc3)C2)CC1. The molecule has 0 saturated carbocycles. The Balaban J connectivity index is 1.15. The van der Waals surface area contributed by atoms with Crippen molar-refractivity contribution in [3.8, 4) is 23.0 Å². The van der Waals surface area contributed by atoms with Gasteiger partial charge in [-0.3, -0.25) is 4.90 Å². The van der Waals surface area contributed by atoms with E-state index in [0.29, 0.717) is 6.04 Å². The van der Waals surface area contributed by atoms with Crippen LogP contribution in [-0.4, -0.2) is 54.3 Å². The van der Waals surface area contributed by atoms with E-state index in [0.717, 1.165) is 72.8 Å². The van der Waals surface area contributed by atoms with Gasteiger partial charge in [0.1, 0.15) is 11.8 Å². The van der Waals surface area contributed by atoms with Crippen molar-refractivity contribution in [3.63, 3.8) is 0 Å². The predicted octanol–water partition coefficient (Wildman–Crippen LogP) is 4.94. The van der Waals surface area contributed by atoms with Gasteiger partial charge in [0, 0.05) is 60.3 Å². The molecule has 2 aliphatic rings. The fourth-order valence-electron chi connectivity index (χ4n) is 4.97. The van der Waals surface area contributed by atoms with E-state index in [4.69, 9.17) is 22.1 Å². The van der Waals surface area contributed by atoms with Crippen LogP contribution < -0.4 is 10.6 Å². The van der Waals surface area contributed by atoms with Gasteiger partial charge >= 0.3 is 6.09 Å². The minimum absolute atomic E-state index is 0.0403. The molecule has 1 amide bonds. The summed E-state index contributed by atoms with van der Waals surface area (Å²) < 4.78 is 5.16. The minimum Gasteiger partial charge on any atom is -0.446 e. The summed E-state index contributed by atoms with van der Waals surface area (Å²) in [5.41, 5.74) is 10.2. The molecule has 3 heterocycles. The molecule has 0 bridgehead atoms. The first-order chi connectivity index (χ1) is 17.5. The lowest BCUT2D eigenvalue weighted by atomic mass is 10.1. The van der Waals surface area contributed by atoms with Crippen LogP contribution in [0.4, 0.5) is 10.5 Å². The van der Waals surface area contributed by atoms with Gasteiger partial charge in [-0.05, 0) is 73.2 Å². The Morgan fingerprint density at radius 3 is 2.31 bits per heavy atom. The summed E-state index contributed by atoms with van der Waals surface area (Å²) in [5.74, 6) is 6.38. The van der Waals surface area contributed by atoms with Crippen LogP contribution in [0.1, 0.15) is 30.5 Å². The standard InChI is InChI=1S/C29H29ClN4O2/c30-24-7-4-22(5-8-24)23-6-10-25(32-19-23)9-1-21-2-11-26(12-3-21)34-16-13-27(20-34)33-17-14-28(15-18-33)36-29(31)35/h2-8,10-12,19,27-28H,13-18,20H2,(H2,31,35). The third-order valence-electron chi connectivity index (χ3n) is 6.95. The van der Waals surface area contributed by atoms with Crippen molar-refractivity contribution >= 4 is 23.4 Å². The number of anilines is 1. The molecular weight excluding hydrogens is 472 g/mol. The van der Waals surface area contributed by atoms with Gasteiger partial charge in [0.05, 0.1) is 0 Å². The van der Waals surface area contributed by atoms with E-state index in [1.54, 1.807) is 0 Å². The van der Waals surface area contributed by atoms with Gasteiger partial charge < -0.3 is 15.4 Å². The zero-order valence-corrected chi connectivity index (χ0v) is 20.8. The molecule has 2 fully saturated rings. The Morgan fingerprint density at radius 1 is 0.917 bits per heavy atom. The largest absolute Gasteiger partial charge is 0.446 e. The molecule has 3 aromatic rings. The first kappa shape index (κ1) is 24.2. The topological polar surface area (TPSA) is 71.7 Å². The number of nitrogens with zero attached hydrogens (tertiary/aromatic N) is 3. The van der Waals surface area contributed by atoms with E-state index in [-0.39, 0.29) is 6.10 Å². The molecule has 1 atom stereocenters. The second kappa shape index (κ2) is 11.0.